The molecule has 2 bridgehead atoms. The van der Waals surface area contributed by atoms with E-state index in [0.29, 0.717) is 5.92 Å². The molecule has 0 radical (unpaired) electrons. The number of piperidine rings is 1. The van der Waals surface area contributed by atoms with Crippen LogP contribution in [0.4, 0.5) is 0 Å². The fourth-order valence-corrected chi connectivity index (χ4v) is 5.24. The molecular weight excluding hydrogens is 338 g/mol. The van der Waals surface area contributed by atoms with Gasteiger partial charge in [-0.3, -0.25) is 9.58 Å². The quantitative estimate of drug-likeness (QED) is 0.704. The van der Waals surface area contributed by atoms with Crippen LogP contribution in [0.2, 0.25) is 0 Å². The molecule has 0 saturated carbocycles. The summed E-state index contributed by atoms with van der Waals surface area (Å²) in [5, 5.41) is 5.81. The van der Waals surface area contributed by atoms with Crippen LogP contribution < -0.4 is 4.74 Å². The molecule has 1 aromatic carbocycles. The first-order valence-electron chi connectivity index (χ1n) is 10.4. The number of hydrogen-bond acceptors (Lipinski definition) is 4. The number of aromatic nitrogens is 2. The lowest BCUT2D eigenvalue weighted by atomic mass is 9.88. The zero-order chi connectivity index (χ0) is 18.8. The van der Waals surface area contributed by atoms with Crippen LogP contribution >= 0.6 is 0 Å². The largest absolute Gasteiger partial charge is 0.497 e. The van der Waals surface area contributed by atoms with Gasteiger partial charge < -0.3 is 9.47 Å². The fraction of sp³-hybridized carbons (Fsp3) is 0.682. The summed E-state index contributed by atoms with van der Waals surface area (Å²) in [6.07, 6.45) is 8.66. The third-order valence-corrected chi connectivity index (χ3v) is 6.57. The molecule has 0 amide bonds. The van der Waals surface area contributed by atoms with E-state index in [1.165, 1.54) is 49.6 Å². The standard InChI is InChI=1S/C22H33N3O2/c1-16(15-25-22-12-21(27-3)7-4-18(22)13-23-25)14-24-19-5-6-20(24)11-17(10-19)8-9-26-2/h4,7,12-13,16-17,19-20H,5-6,8-11,14-15H2,1-3H3. The Bertz CT molecular complexity index is 745. The topological polar surface area (TPSA) is 39.5 Å². The second kappa shape index (κ2) is 8.19. The Labute approximate surface area is 162 Å². The normalized spacial score (nSPS) is 26.6. The summed E-state index contributed by atoms with van der Waals surface area (Å²) in [6.45, 7) is 5.41. The number of benzene rings is 1. The van der Waals surface area contributed by atoms with Crippen molar-refractivity contribution < 1.29 is 9.47 Å². The van der Waals surface area contributed by atoms with Crippen LogP contribution in [0, 0.1) is 11.8 Å². The monoisotopic (exact) mass is 371 g/mol. The molecule has 5 heteroatoms. The van der Waals surface area contributed by atoms with Crippen molar-refractivity contribution in [3.8, 4) is 5.75 Å². The molecule has 2 aliphatic heterocycles. The maximum atomic E-state index is 5.39. The third-order valence-electron chi connectivity index (χ3n) is 6.57. The Morgan fingerprint density at radius 2 is 1.93 bits per heavy atom. The van der Waals surface area contributed by atoms with Crippen molar-refractivity contribution in [2.45, 2.75) is 57.7 Å². The summed E-state index contributed by atoms with van der Waals surface area (Å²) in [5.74, 6) is 2.34. The molecule has 27 heavy (non-hydrogen) atoms. The van der Waals surface area contributed by atoms with Gasteiger partial charge in [-0.15, -0.1) is 0 Å². The van der Waals surface area contributed by atoms with Gasteiger partial charge in [-0.1, -0.05) is 6.92 Å². The van der Waals surface area contributed by atoms with Crippen LogP contribution in [0.1, 0.15) is 39.0 Å². The number of methoxy groups -OCH3 is 2. The van der Waals surface area contributed by atoms with Gasteiger partial charge in [-0.2, -0.15) is 5.10 Å². The van der Waals surface area contributed by atoms with Gasteiger partial charge >= 0.3 is 0 Å². The minimum absolute atomic E-state index is 0.581. The molecule has 1 aromatic heterocycles. The Morgan fingerprint density at radius 1 is 1.15 bits per heavy atom. The number of hydrogen-bond donors (Lipinski definition) is 0. The highest BCUT2D eigenvalue weighted by Gasteiger charge is 2.40. The van der Waals surface area contributed by atoms with Gasteiger partial charge in [0.25, 0.3) is 0 Å². The van der Waals surface area contributed by atoms with Gasteiger partial charge in [0.05, 0.1) is 18.8 Å². The maximum Gasteiger partial charge on any atom is 0.121 e. The van der Waals surface area contributed by atoms with E-state index in [9.17, 15) is 0 Å². The molecule has 2 saturated heterocycles. The van der Waals surface area contributed by atoms with Gasteiger partial charge in [0.15, 0.2) is 0 Å². The summed E-state index contributed by atoms with van der Waals surface area (Å²) >= 11 is 0. The summed E-state index contributed by atoms with van der Waals surface area (Å²) in [4.78, 5) is 2.81. The van der Waals surface area contributed by atoms with Crippen LogP contribution in [0.25, 0.3) is 10.9 Å². The molecule has 4 rings (SSSR count). The number of fused-ring (bicyclic) bond motifs is 3. The summed E-state index contributed by atoms with van der Waals surface area (Å²) in [5.41, 5.74) is 1.17. The number of nitrogens with zero attached hydrogens (tertiary/aromatic N) is 3. The smallest absolute Gasteiger partial charge is 0.121 e. The average molecular weight is 372 g/mol. The molecule has 5 nitrogen and oxygen atoms in total. The highest BCUT2D eigenvalue weighted by Crippen LogP contribution is 2.40. The van der Waals surface area contributed by atoms with Crippen LogP contribution in [0.15, 0.2) is 24.4 Å². The molecule has 3 unspecified atom stereocenters. The zero-order valence-corrected chi connectivity index (χ0v) is 16.9. The molecule has 0 spiro atoms. The molecule has 3 heterocycles. The third kappa shape index (κ3) is 3.99. The van der Waals surface area contributed by atoms with Crippen LogP contribution in [0.3, 0.4) is 0 Å². The molecule has 2 aliphatic rings. The van der Waals surface area contributed by atoms with E-state index in [1.54, 1.807) is 7.11 Å². The van der Waals surface area contributed by atoms with Gasteiger partial charge in [-0.05, 0) is 56.1 Å². The van der Waals surface area contributed by atoms with Gasteiger partial charge in [0, 0.05) is 50.3 Å². The maximum absolute atomic E-state index is 5.39. The van der Waals surface area contributed by atoms with E-state index in [-0.39, 0.29) is 0 Å². The lowest BCUT2D eigenvalue weighted by Crippen LogP contribution is -2.45. The Kier molecular flexibility index (Phi) is 5.69. The van der Waals surface area contributed by atoms with Crippen molar-refractivity contribution >= 4 is 10.9 Å². The minimum atomic E-state index is 0.581. The summed E-state index contributed by atoms with van der Waals surface area (Å²) < 4.78 is 12.8. The fourth-order valence-electron chi connectivity index (χ4n) is 5.24. The molecular formula is C22H33N3O2. The first-order valence-corrected chi connectivity index (χ1v) is 10.4. The Balaban J connectivity index is 1.38. The van der Waals surface area contributed by atoms with Crippen LogP contribution in [-0.4, -0.2) is 54.1 Å². The zero-order valence-electron chi connectivity index (χ0n) is 16.9. The second-order valence-electron chi connectivity index (χ2n) is 8.56. The van der Waals surface area contributed by atoms with Gasteiger partial charge in [0.1, 0.15) is 5.75 Å². The lowest BCUT2D eigenvalue weighted by Gasteiger charge is -2.40. The highest BCUT2D eigenvalue weighted by molar-refractivity contribution is 5.80. The Morgan fingerprint density at radius 3 is 2.63 bits per heavy atom. The summed E-state index contributed by atoms with van der Waals surface area (Å²) in [6, 6.07) is 7.75. The van der Waals surface area contributed by atoms with Crippen molar-refractivity contribution in [2.75, 3.05) is 27.4 Å². The van der Waals surface area contributed by atoms with Crippen molar-refractivity contribution in [3.05, 3.63) is 24.4 Å². The summed E-state index contributed by atoms with van der Waals surface area (Å²) in [7, 11) is 3.54. The molecule has 2 fully saturated rings. The van der Waals surface area contributed by atoms with E-state index < -0.39 is 0 Å². The van der Waals surface area contributed by atoms with Gasteiger partial charge in [-0.25, -0.2) is 0 Å². The van der Waals surface area contributed by atoms with E-state index in [0.717, 1.165) is 36.9 Å². The molecule has 2 aromatic rings. The molecule has 148 valence electrons. The first kappa shape index (κ1) is 18.8. The minimum Gasteiger partial charge on any atom is -0.497 e. The van der Waals surface area contributed by atoms with E-state index >= 15 is 0 Å². The van der Waals surface area contributed by atoms with E-state index in [1.807, 2.05) is 19.4 Å². The predicted octanol–water partition coefficient (Wildman–Crippen LogP) is 3.96. The molecule has 0 N–H and O–H groups in total. The van der Waals surface area contributed by atoms with Crippen molar-refractivity contribution in [2.24, 2.45) is 11.8 Å². The Hall–Kier alpha value is -1.59. The van der Waals surface area contributed by atoms with E-state index in [4.69, 9.17) is 9.47 Å². The molecule has 0 aliphatic carbocycles. The highest BCUT2D eigenvalue weighted by atomic mass is 16.5. The van der Waals surface area contributed by atoms with Crippen LogP contribution in [-0.2, 0) is 11.3 Å². The first-order chi connectivity index (χ1) is 13.2. The second-order valence-corrected chi connectivity index (χ2v) is 8.56. The average Bonchev–Trinajstić information content (AvgIpc) is 3.16. The number of rotatable bonds is 8. The lowest BCUT2D eigenvalue weighted by molar-refractivity contribution is 0.0700. The van der Waals surface area contributed by atoms with E-state index in [2.05, 4.69) is 33.7 Å². The predicted molar refractivity (Wildman–Crippen MR) is 108 cm³/mol. The van der Waals surface area contributed by atoms with Gasteiger partial charge in [0.2, 0.25) is 0 Å². The number of ether oxygens (including phenoxy) is 2. The van der Waals surface area contributed by atoms with Crippen LogP contribution in [0.5, 0.6) is 5.75 Å². The SMILES string of the molecule is COCCC1CC2CCC(C1)N2CC(C)Cn1ncc2ccc(OC)cc21. The molecule has 3 atom stereocenters. The van der Waals surface area contributed by atoms with Crippen molar-refractivity contribution in [1.29, 1.82) is 0 Å². The van der Waals surface area contributed by atoms with Crippen molar-refractivity contribution in [3.63, 3.8) is 0 Å². The van der Waals surface area contributed by atoms with Crippen molar-refractivity contribution in [1.82, 2.24) is 14.7 Å².